The number of nitrogens with one attached hydrogen (secondary N) is 1. The van der Waals surface area contributed by atoms with Gasteiger partial charge < -0.3 is 16.0 Å². The molecule has 4 nitrogen and oxygen atoms in total. The molecule has 0 bridgehead atoms. The van der Waals surface area contributed by atoms with Crippen molar-refractivity contribution in [2.24, 2.45) is 10.7 Å². The van der Waals surface area contributed by atoms with Crippen molar-refractivity contribution in [2.45, 2.75) is 38.6 Å². The van der Waals surface area contributed by atoms with Crippen LogP contribution in [0.5, 0.6) is 0 Å². The van der Waals surface area contributed by atoms with Crippen LogP contribution in [-0.4, -0.2) is 43.6 Å². The molecule has 0 aromatic rings. The Kier molecular flexibility index (Phi) is 5.47. The molecule has 0 aromatic carbocycles. The van der Waals surface area contributed by atoms with Gasteiger partial charge in [-0.1, -0.05) is 6.42 Å². The highest BCUT2D eigenvalue weighted by Crippen LogP contribution is 2.13. The molecule has 1 saturated heterocycles. The van der Waals surface area contributed by atoms with Gasteiger partial charge in [-0.15, -0.1) is 0 Å². The maximum absolute atomic E-state index is 5.56. The topological polar surface area (TPSA) is 53.6 Å². The fourth-order valence-corrected chi connectivity index (χ4v) is 2.03. The molecule has 1 atom stereocenters. The monoisotopic (exact) mass is 212 g/mol. The van der Waals surface area contributed by atoms with Crippen LogP contribution in [0.3, 0.4) is 0 Å². The van der Waals surface area contributed by atoms with Gasteiger partial charge >= 0.3 is 0 Å². The maximum atomic E-state index is 5.56. The van der Waals surface area contributed by atoms with E-state index < -0.39 is 0 Å². The van der Waals surface area contributed by atoms with E-state index in [1.54, 1.807) is 7.05 Å². The Morgan fingerprint density at radius 1 is 1.40 bits per heavy atom. The van der Waals surface area contributed by atoms with Crippen molar-refractivity contribution in [2.75, 3.05) is 26.7 Å². The van der Waals surface area contributed by atoms with E-state index in [0.717, 1.165) is 13.0 Å². The van der Waals surface area contributed by atoms with Gasteiger partial charge in [-0.25, -0.2) is 0 Å². The Morgan fingerprint density at radius 3 is 2.67 bits per heavy atom. The molecule has 1 fully saturated rings. The van der Waals surface area contributed by atoms with E-state index in [0.29, 0.717) is 12.0 Å². The van der Waals surface area contributed by atoms with Gasteiger partial charge in [-0.05, 0) is 39.3 Å². The van der Waals surface area contributed by atoms with Crippen LogP contribution >= 0.6 is 0 Å². The highest BCUT2D eigenvalue weighted by Gasteiger charge is 2.15. The van der Waals surface area contributed by atoms with E-state index in [1.165, 1.54) is 32.4 Å². The molecule has 1 aliphatic heterocycles. The van der Waals surface area contributed by atoms with Crippen LogP contribution in [0.25, 0.3) is 0 Å². The Bertz CT molecular complexity index is 197. The Morgan fingerprint density at radius 2 is 2.07 bits per heavy atom. The second-order valence-electron chi connectivity index (χ2n) is 4.27. The van der Waals surface area contributed by atoms with Crippen molar-refractivity contribution < 1.29 is 0 Å². The summed E-state index contributed by atoms with van der Waals surface area (Å²) >= 11 is 0. The number of hydrogen-bond donors (Lipinski definition) is 2. The molecule has 0 aromatic heterocycles. The molecule has 1 heterocycles. The Balaban J connectivity index is 2.14. The number of hydrogen-bond acceptors (Lipinski definition) is 2. The summed E-state index contributed by atoms with van der Waals surface area (Å²) in [4.78, 5) is 6.44. The van der Waals surface area contributed by atoms with Gasteiger partial charge in [-0.2, -0.15) is 0 Å². The number of likely N-dealkylation sites (tertiary alicyclic amines) is 1. The summed E-state index contributed by atoms with van der Waals surface area (Å²) in [5, 5.41) is 3.10. The average Bonchev–Trinajstić information content (AvgIpc) is 2.29. The molecule has 0 radical (unpaired) electrons. The lowest BCUT2D eigenvalue weighted by atomic mass is 10.1. The summed E-state index contributed by atoms with van der Waals surface area (Å²) in [6.45, 7) is 5.74. The van der Waals surface area contributed by atoms with Gasteiger partial charge in [0.25, 0.3) is 0 Å². The standard InChI is InChI=1S/C11H24N4/c1-10(6-7-14-11(12)13-2)15-8-4-3-5-9-15/h10H,3-9H2,1-2H3,(H3,12,13,14). The second kappa shape index (κ2) is 6.67. The summed E-state index contributed by atoms with van der Waals surface area (Å²) in [6.07, 6.45) is 5.25. The number of rotatable bonds is 4. The number of aliphatic imine (C=N–C) groups is 1. The summed E-state index contributed by atoms with van der Waals surface area (Å²) in [5.41, 5.74) is 5.56. The molecule has 0 amide bonds. The largest absolute Gasteiger partial charge is 0.370 e. The van der Waals surface area contributed by atoms with E-state index in [9.17, 15) is 0 Å². The zero-order valence-electron chi connectivity index (χ0n) is 10.00. The van der Waals surface area contributed by atoms with Crippen molar-refractivity contribution in [3.8, 4) is 0 Å². The molecule has 15 heavy (non-hydrogen) atoms. The molecule has 1 unspecified atom stereocenters. The van der Waals surface area contributed by atoms with E-state index in [1.807, 2.05) is 0 Å². The van der Waals surface area contributed by atoms with Crippen molar-refractivity contribution >= 4 is 5.96 Å². The zero-order chi connectivity index (χ0) is 11.1. The highest BCUT2D eigenvalue weighted by molar-refractivity contribution is 5.77. The van der Waals surface area contributed by atoms with Gasteiger partial charge in [0.05, 0.1) is 0 Å². The third kappa shape index (κ3) is 4.51. The SMILES string of the molecule is CN=C(N)NCCC(C)N1CCCCC1. The third-order valence-electron chi connectivity index (χ3n) is 3.12. The van der Waals surface area contributed by atoms with E-state index >= 15 is 0 Å². The van der Waals surface area contributed by atoms with E-state index in [4.69, 9.17) is 5.73 Å². The zero-order valence-corrected chi connectivity index (χ0v) is 10.00. The van der Waals surface area contributed by atoms with Gasteiger partial charge in [0.15, 0.2) is 5.96 Å². The average molecular weight is 212 g/mol. The van der Waals surface area contributed by atoms with Gasteiger partial charge in [0.1, 0.15) is 0 Å². The van der Waals surface area contributed by atoms with Gasteiger partial charge in [-0.3, -0.25) is 4.99 Å². The molecule has 4 heteroatoms. The van der Waals surface area contributed by atoms with Crippen LogP contribution in [0.4, 0.5) is 0 Å². The second-order valence-corrected chi connectivity index (χ2v) is 4.27. The molecule has 3 N–H and O–H groups in total. The predicted octanol–water partition coefficient (Wildman–Crippen LogP) is 0.785. The van der Waals surface area contributed by atoms with E-state index in [-0.39, 0.29) is 0 Å². The van der Waals surface area contributed by atoms with Crippen LogP contribution in [-0.2, 0) is 0 Å². The predicted molar refractivity (Wildman–Crippen MR) is 65.1 cm³/mol. The van der Waals surface area contributed by atoms with Crippen molar-refractivity contribution in [3.05, 3.63) is 0 Å². The molecule has 1 rings (SSSR count). The molecular formula is C11H24N4. The number of nitrogens with two attached hydrogens (primary N) is 1. The Labute approximate surface area is 92.9 Å². The van der Waals surface area contributed by atoms with Crippen LogP contribution < -0.4 is 11.1 Å². The molecule has 1 aliphatic rings. The van der Waals surface area contributed by atoms with Gasteiger partial charge in [0.2, 0.25) is 0 Å². The summed E-state index contributed by atoms with van der Waals surface area (Å²) < 4.78 is 0. The first-order valence-electron chi connectivity index (χ1n) is 5.94. The fraction of sp³-hybridized carbons (Fsp3) is 0.909. The lowest BCUT2D eigenvalue weighted by Crippen LogP contribution is -2.40. The number of guanidine groups is 1. The lowest BCUT2D eigenvalue weighted by molar-refractivity contribution is 0.167. The number of nitrogens with zero attached hydrogens (tertiary/aromatic N) is 2. The quantitative estimate of drug-likeness (QED) is 0.535. The first kappa shape index (κ1) is 12.3. The minimum absolute atomic E-state index is 0.542. The van der Waals surface area contributed by atoms with Crippen LogP contribution in [0.15, 0.2) is 4.99 Å². The van der Waals surface area contributed by atoms with Crippen molar-refractivity contribution in [1.82, 2.24) is 10.2 Å². The molecule has 0 spiro atoms. The van der Waals surface area contributed by atoms with Crippen molar-refractivity contribution in [1.29, 1.82) is 0 Å². The number of piperidine rings is 1. The van der Waals surface area contributed by atoms with Crippen LogP contribution in [0.1, 0.15) is 32.6 Å². The van der Waals surface area contributed by atoms with E-state index in [2.05, 4.69) is 22.1 Å². The minimum atomic E-state index is 0.542. The minimum Gasteiger partial charge on any atom is -0.370 e. The maximum Gasteiger partial charge on any atom is 0.188 e. The molecular weight excluding hydrogens is 188 g/mol. The fourth-order valence-electron chi connectivity index (χ4n) is 2.03. The molecule has 0 aliphatic carbocycles. The van der Waals surface area contributed by atoms with Crippen molar-refractivity contribution in [3.63, 3.8) is 0 Å². The smallest absolute Gasteiger partial charge is 0.188 e. The summed E-state index contributed by atoms with van der Waals surface area (Å²) in [7, 11) is 1.70. The normalized spacial score (nSPS) is 21.3. The molecule has 88 valence electrons. The molecule has 0 saturated carbocycles. The first-order valence-corrected chi connectivity index (χ1v) is 5.94. The highest BCUT2D eigenvalue weighted by atomic mass is 15.2. The lowest BCUT2D eigenvalue weighted by Gasteiger charge is -2.32. The third-order valence-corrected chi connectivity index (χ3v) is 3.12. The van der Waals surface area contributed by atoms with Crippen LogP contribution in [0.2, 0.25) is 0 Å². The van der Waals surface area contributed by atoms with Gasteiger partial charge in [0, 0.05) is 19.6 Å². The van der Waals surface area contributed by atoms with Crippen LogP contribution in [0, 0.1) is 0 Å². The summed E-state index contributed by atoms with van der Waals surface area (Å²) in [6, 6.07) is 0.655. The summed E-state index contributed by atoms with van der Waals surface area (Å²) in [5.74, 6) is 0.542. The first-order chi connectivity index (χ1) is 7.24. The Hall–Kier alpha value is -0.770.